The summed E-state index contributed by atoms with van der Waals surface area (Å²) in [6, 6.07) is 3.35. The van der Waals surface area contributed by atoms with Crippen molar-refractivity contribution in [1.29, 1.82) is 0 Å². The first-order valence-corrected chi connectivity index (χ1v) is 6.61. The van der Waals surface area contributed by atoms with Gasteiger partial charge >= 0.3 is 0 Å². The molecule has 0 aliphatic carbocycles. The van der Waals surface area contributed by atoms with Gasteiger partial charge in [0.1, 0.15) is 0 Å². The van der Waals surface area contributed by atoms with Crippen molar-refractivity contribution in [2.45, 2.75) is 20.8 Å². The monoisotopic (exact) mass is 263 g/mol. The summed E-state index contributed by atoms with van der Waals surface area (Å²) in [5.41, 5.74) is 0.591. The Labute approximate surface area is 113 Å². The number of H-pyrrole nitrogens is 1. The lowest BCUT2D eigenvalue weighted by Crippen LogP contribution is -2.51. The minimum Gasteiger partial charge on any atom is -0.367 e. The van der Waals surface area contributed by atoms with Crippen molar-refractivity contribution in [3.8, 4) is 0 Å². The van der Waals surface area contributed by atoms with Gasteiger partial charge in [-0.05, 0) is 6.07 Å². The number of carbonyl (C=O) groups is 1. The molecule has 0 saturated carbocycles. The number of hydrogen-bond acceptors (Lipinski definition) is 3. The molecule has 0 spiro atoms. The van der Waals surface area contributed by atoms with Crippen LogP contribution in [0.3, 0.4) is 0 Å². The Morgan fingerprint density at radius 1 is 1.16 bits per heavy atom. The van der Waals surface area contributed by atoms with E-state index in [0.717, 1.165) is 31.9 Å². The van der Waals surface area contributed by atoms with E-state index in [4.69, 9.17) is 0 Å². The molecule has 1 fully saturated rings. The summed E-state index contributed by atoms with van der Waals surface area (Å²) in [7, 11) is 0. The van der Waals surface area contributed by atoms with Crippen molar-refractivity contribution in [3.63, 3.8) is 0 Å². The highest BCUT2D eigenvalue weighted by Gasteiger charge is 2.29. The van der Waals surface area contributed by atoms with Crippen LogP contribution in [0.2, 0.25) is 0 Å². The molecular weight excluding hydrogens is 242 g/mol. The second-order valence-electron chi connectivity index (χ2n) is 5.94. The molecule has 1 saturated heterocycles. The van der Waals surface area contributed by atoms with Crippen LogP contribution in [0.15, 0.2) is 23.1 Å². The maximum atomic E-state index is 12.2. The van der Waals surface area contributed by atoms with Crippen LogP contribution in [0.4, 0.5) is 5.69 Å². The summed E-state index contributed by atoms with van der Waals surface area (Å²) in [4.78, 5) is 30.0. The fourth-order valence-electron chi connectivity index (χ4n) is 2.24. The highest BCUT2D eigenvalue weighted by molar-refractivity contribution is 5.81. The highest BCUT2D eigenvalue weighted by atomic mass is 16.2. The minimum atomic E-state index is -0.319. The van der Waals surface area contributed by atoms with Crippen LogP contribution in [-0.2, 0) is 4.79 Å². The van der Waals surface area contributed by atoms with Crippen LogP contribution >= 0.6 is 0 Å². The van der Waals surface area contributed by atoms with Crippen LogP contribution in [0, 0.1) is 5.41 Å². The molecule has 0 aromatic carbocycles. The van der Waals surface area contributed by atoms with Crippen molar-refractivity contribution < 1.29 is 4.79 Å². The molecule has 19 heavy (non-hydrogen) atoms. The Morgan fingerprint density at radius 3 is 2.26 bits per heavy atom. The molecular formula is C14H21N3O2. The number of anilines is 1. The average Bonchev–Trinajstić information content (AvgIpc) is 2.38. The number of rotatable bonds is 1. The average molecular weight is 263 g/mol. The van der Waals surface area contributed by atoms with E-state index in [0.29, 0.717) is 0 Å². The second kappa shape index (κ2) is 5.07. The molecule has 1 aliphatic rings. The van der Waals surface area contributed by atoms with Gasteiger partial charge < -0.3 is 14.8 Å². The van der Waals surface area contributed by atoms with E-state index in [9.17, 15) is 9.59 Å². The van der Waals surface area contributed by atoms with Crippen LogP contribution in [-0.4, -0.2) is 42.0 Å². The molecule has 1 aromatic rings. The Kier molecular flexibility index (Phi) is 3.64. The Balaban J connectivity index is 1.98. The smallest absolute Gasteiger partial charge is 0.248 e. The summed E-state index contributed by atoms with van der Waals surface area (Å²) in [6.07, 6.45) is 1.73. The van der Waals surface area contributed by atoms with Crippen molar-refractivity contribution in [2.24, 2.45) is 5.41 Å². The maximum absolute atomic E-state index is 12.2. The van der Waals surface area contributed by atoms with Gasteiger partial charge in [-0.2, -0.15) is 0 Å². The standard InChI is InChI=1S/C14H21N3O2/c1-14(2,3)13(19)17-8-6-16(7-9-17)11-4-5-12(18)15-10-11/h4-5,10H,6-9H2,1-3H3,(H,15,18). The van der Waals surface area contributed by atoms with Crippen molar-refractivity contribution >= 4 is 11.6 Å². The maximum Gasteiger partial charge on any atom is 0.248 e. The van der Waals surface area contributed by atoms with Gasteiger partial charge in [-0.1, -0.05) is 20.8 Å². The van der Waals surface area contributed by atoms with Gasteiger partial charge in [0.15, 0.2) is 0 Å². The SMILES string of the molecule is CC(C)(C)C(=O)N1CCN(c2ccc(=O)[nH]c2)CC1. The van der Waals surface area contributed by atoms with E-state index < -0.39 is 0 Å². The highest BCUT2D eigenvalue weighted by Crippen LogP contribution is 2.20. The van der Waals surface area contributed by atoms with Crippen LogP contribution in [0.1, 0.15) is 20.8 Å². The van der Waals surface area contributed by atoms with Crippen molar-refractivity contribution in [2.75, 3.05) is 31.1 Å². The fourth-order valence-corrected chi connectivity index (χ4v) is 2.24. The van der Waals surface area contributed by atoms with E-state index in [1.807, 2.05) is 31.7 Å². The molecule has 5 heteroatoms. The molecule has 2 heterocycles. The van der Waals surface area contributed by atoms with Gasteiger partial charge in [0.05, 0.1) is 5.69 Å². The molecule has 104 valence electrons. The summed E-state index contributed by atoms with van der Waals surface area (Å²) >= 11 is 0. The van der Waals surface area contributed by atoms with Gasteiger partial charge in [-0.3, -0.25) is 9.59 Å². The van der Waals surface area contributed by atoms with Gasteiger partial charge in [-0.15, -0.1) is 0 Å². The number of amides is 1. The number of aromatic amines is 1. The van der Waals surface area contributed by atoms with Crippen molar-refractivity contribution in [1.82, 2.24) is 9.88 Å². The third-order valence-electron chi connectivity index (χ3n) is 3.34. The topological polar surface area (TPSA) is 56.4 Å². The molecule has 0 bridgehead atoms. The number of nitrogens with zero attached hydrogens (tertiary/aromatic N) is 2. The number of aromatic nitrogens is 1. The zero-order chi connectivity index (χ0) is 14.0. The lowest BCUT2D eigenvalue weighted by molar-refractivity contribution is -0.139. The predicted molar refractivity (Wildman–Crippen MR) is 75.3 cm³/mol. The van der Waals surface area contributed by atoms with Crippen LogP contribution in [0.25, 0.3) is 0 Å². The molecule has 5 nitrogen and oxygen atoms in total. The summed E-state index contributed by atoms with van der Waals surface area (Å²) < 4.78 is 0. The quantitative estimate of drug-likeness (QED) is 0.824. The lowest BCUT2D eigenvalue weighted by Gasteiger charge is -2.38. The van der Waals surface area contributed by atoms with E-state index in [1.54, 1.807) is 6.20 Å². The zero-order valence-electron chi connectivity index (χ0n) is 11.8. The van der Waals surface area contributed by atoms with Crippen LogP contribution < -0.4 is 10.5 Å². The van der Waals surface area contributed by atoms with E-state index in [-0.39, 0.29) is 16.9 Å². The number of piperazine rings is 1. The van der Waals surface area contributed by atoms with E-state index >= 15 is 0 Å². The molecule has 1 N–H and O–H groups in total. The molecule has 0 unspecified atom stereocenters. The third kappa shape index (κ3) is 3.16. The molecule has 1 amide bonds. The zero-order valence-corrected chi connectivity index (χ0v) is 11.8. The minimum absolute atomic E-state index is 0.0923. The first-order chi connectivity index (χ1) is 8.88. The summed E-state index contributed by atoms with van der Waals surface area (Å²) in [6.45, 7) is 8.91. The van der Waals surface area contributed by atoms with E-state index in [1.165, 1.54) is 6.07 Å². The Bertz CT molecular complexity index is 488. The number of pyridine rings is 1. The lowest BCUT2D eigenvalue weighted by atomic mass is 9.94. The normalized spacial score (nSPS) is 16.6. The number of hydrogen-bond donors (Lipinski definition) is 1. The van der Waals surface area contributed by atoms with E-state index in [2.05, 4.69) is 9.88 Å². The summed E-state index contributed by atoms with van der Waals surface area (Å²) in [5.74, 6) is 0.202. The van der Waals surface area contributed by atoms with Gasteiger partial charge in [-0.25, -0.2) is 0 Å². The Morgan fingerprint density at radius 2 is 1.79 bits per heavy atom. The number of carbonyl (C=O) groups excluding carboxylic acids is 1. The third-order valence-corrected chi connectivity index (χ3v) is 3.34. The summed E-state index contributed by atoms with van der Waals surface area (Å²) in [5, 5.41) is 0. The molecule has 1 aliphatic heterocycles. The van der Waals surface area contributed by atoms with Gasteiger partial charge in [0.2, 0.25) is 11.5 Å². The first-order valence-electron chi connectivity index (χ1n) is 6.61. The van der Waals surface area contributed by atoms with Gasteiger partial charge in [0, 0.05) is 43.9 Å². The van der Waals surface area contributed by atoms with Gasteiger partial charge in [0.25, 0.3) is 0 Å². The number of nitrogens with one attached hydrogen (secondary N) is 1. The largest absolute Gasteiger partial charge is 0.367 e. The van der Waals surface area contributed by atoms with Crippen molar-refractivity contribution in [3.05, 3.63) is 28.7 Å². The molecule has 0 radical (unpaired) electrons. The predicted octanol–water partition coefficient (Wildman–Crippen LogP) is 1.07. The molecule has 2 rings (SSSR count). The first kappa shape index (κ1) is 13.6. The second-order valence-corrected chi connectivity index (χ2v) is 5.94. The van der Waals surface area contributed by atoms with Crippen LogP contribution in [0.5, 0.6) is 0 Å². The fraction of sp³-hybridized carbons (Fsp3) is 0.571. The molecule has 1 aromatic heterocycles. The molecule has 0 atom stereocenters. The Hall–Kier alpha value is -1.78.